The molecule has 0 amide bonds. The highest BCUT2D eigenvalue weighted by molar-refractivity contribution is 14.1. The molecule has 0 aliphatic carbocycles. The van der Waals surface area contributed by atoms with Gasteiger partial charge in [0.2, 0.25) is 0 Å². The molecule has 1 aromatic rings. The third-order valence-corrected chi connectivity index (χ3v) is 3.21. The molecule has 1 rings (SSSR count). The van der Waals surface area contributed by atoms with Gasteiger partial charge >= 0.3 is 0 Å². The van der Waals surface area contributed by atoms with Crippen molar-refractivity contribution < 1.29 is 4.74 Å². The molecule has 0 bridgehead atoms. The van der Waals surface area contributed by atoms with Crippen LogP contribution in [0.4, 0.5) is 0 Å². The van der Waals surface area contributed by atoms with E-state index < -0.39 is 0 Å². The summed E-state index contributed by atoms with van der Waals surface area (Å²) in [5, 5.41) is 0. The first-order valence-electron chi connectivity index (χ1n) is 4.18. The molecule has 0 heterocycles. The van der Waals surface area contributed by atoms with Crippen LogP contribution < -0.4 is 0 Å². The minimum atomic E-state index is 0.342. The first kappa shape index (κ1) is 11.7. The van der Waals surface area contributed by atoms with E-state index in [9.17, 15) is 0 Å². The molecular weight excluding hydrogens is 390 g/mol. The van der Waals surface area contributed by atoms with Crippen molar-refractivity contribution in [2.45, 2.75) is 17.1 Å². The normalized spacial score (nSPS) is 12.8. The van der Waals surface area contributed by atoms with Gasteiger partial charge in [-0.1, -0.05) is 75.5 Å². The number of hydrogen-bond acceptors (Lipinski definition) is 1. The second kappa shape index (κ2) is 7.00. The molecule has 0 saturated heterocycles. The molecule has 1 aromatic carbocycles. The van der Waals surface area contributed by atoms with Crippen molar-refractivity contribution in [1.82, 2.24) is 0 Å². The molecule has 0 aliphatic rings. The van der Waals surface area contributed by atoms with Crippen LogP contribution in [0.5, 0.6) is 0 Å². The first-order chi connectivity index (χ1) is 6.33. The fraction of sp³-hybridized carbons (Fsp3) is 0.400. The second-order valence-electron chi connectivity index (χ2n) is 2.68. The molecule has 1 nitrogen and oxygen atoms in total. The highest BCUT2D eigenvalue weighted by atomic mass is 127. The largest absolute Gasteiger partial charge is 0.363 e. The zero-order valence-corrected chi connectivity index (χ0v) is 11.6. The molecule has 13 heavy (non-hydrogen) atoms. The van der Waals surface area contributed by atoms with Crippen molar-refractivity contribution in [3.8, 4) is 0 Å². The topological polar surface area (TPSA) is 9.23 Å². The number of benzene rings is 1. The monoisotopic (exact) mass is 402 g/mol. The average Bonchev–Trinajstić information content (AvgIpc) is 2.17. The zero-order valence-electron chi connectivity index (χ0n) is 7.25. The van der Waals surface area contributed by atoms with Gasteiger partial charge in [-0.25, -0.2) is 0 Å². The summed E-state index contributed by atoms with van der Waals surface area (Å²) in [4.78, 5) is 0. The van der Waals surface area contributed by atoms with Crippen molar-refractivity contribution in [2.75, 3.05) is 4.43 Å². The third kappa shape index (κ3) is 5.17. The van der Waals surface area contributed by atoms with Gasteiger partial charge in [0, 0.05) is 4.43 Å². The van der Waals surface area contributed by atoms with Crippen molar-refractivity contribution in [3.05, 3.63) is 35.9 Å². The molecule has 0 N–H and O–H groups in total. The predicted molar refractivity (Wildman–Crippen MR) is 72.5 cm³/mol. The lowest BCUT2D eigenvalue weighted by molar-refractivity contribution is 0.109. The van der Waals surface area contributed by atoms with Crippen LogP contribution >= 0.6 is 45.2 Å². The van der Waals surface area contributed by atoms with Crippen molar-refractivity contribution in [2.24, 2.45) is 0 Å². The van der Waals surface area contributed by atoms with Gasteiger partial charge < -0.3 is 4.74 Å². The Labute approximate surface area is 107 Å². The van der Waals surface area contributed by atoms with Gasteiger partial charge in [-0.2, -0.15) is 0 Å². The van der Waals surface area contributed by atoms with E-state index in [0.717, 1.165) is 17.5 Å². The summed E-state index contributed by atoms with van der Waals surface area (Å²) in [7, 11) is 0. The lowest BCUT2D eigenvalue weighted by atomic mass is 10.2. The van der Waals surface area contributed by atoms with E-state index in [1.54, 1.807) is 0 Å². The first-order valence-corrected chi connectivity index (χ1v) is 6.95. The minimum Gasteiger partial charge on any atom is -0.363 e. The van der Waals surface area contributed by atoms with Crippen LogP contribution in [0, 0.1) is 0 Å². The van der Waals surface area contributed by atoms with Crippen LogP contribution in [-0.4, -0.2) is 8.54 Å². The van der Waals surface area contributed by atoms with E-state index in [4.69, 9.17) is 4.74 Å². The van der Waals surface area contributed by atoms with Gasteiger partial charge in [-0.05, 0) is 12.0 Å². The third-order valence-electron chi connectivity index (χ3n) is 1.61. The van der Waals surface area contributed by atoms with Gasteiger partial charge in [-0.3, -0.25) is 0 Å². The Morgan fingerprint density at radius 2 is 1.92 bits per heavy atom. The van der Waals surface area contributed by atoms with Gasteiger partial charge in [0.1, 0.15) is 4.11 Å². The smallest absolute Gasteiger partial charge is 0.110 e. The summed E-state index contributed by atoms with van der Waals surface area (Å²) in [6, 6.07) is 10.3. The van der Waals surface area contributed by atoms with Gasteiger partial charge in [-0.15, -0.1) is 0 Å². The van der Waals surface area contributed by atoms with E-state index in [1.807, 2.05) is 18.2 Å². The number of halogens is 2. The SMILES string of the molecule is ICCC(I)OCc1ccccc1. The molecule has 0 aliphatic heterocycles. The van der Waals surface area contributed by atoms with E-state index in [2.05, 4.69) is 57.3 Å². The van der Waals surface area contributed by atoms with Gasteiger partial charge in [0.05, 0.1) is 6.61 Å². The van der Waals surface area contributed by atoms with Crippen LogP contribution in [0.15, 0.2) is 30.3 Å². The molecule has 0 spiro atoms. The summed E-state index contributed by atoms with van der Waals surface area (Å²) < 4.78 is 7.15. The Hall–Kier alpha value is 0.640. The van der Waals surface area contributed by atoms with Crippen LogP contribution in [0.3, 0.4) is 0 Å². The number of rotatable bonds is 5. The fourth-order valence-electron chi connectivity index (χ4n) is 0.930. The quantitative estimate of drug-likeness (QED) is 0.538. The van der Waals surface area contributed by atoms with Crippen LogP contribution in [-0.2, 0) is 11.3 Å². The molecule has 0 radical (unpaired) electrons. The number of alkyl halides is 2. The van der Waals surface area contributed by atoms with Crippen molar-refractivity contribution in [3.63, 3.8) is 0 Å². The fourth-order valence-corrected chi connectivity index (χ4v) is 3.18. The summed E-state index contributed by atoms with van der Waals surface area (Å²) in [5.74, 6) is 0. The lowest BCUT2D eigenvalue weighted by Crippen LogP contribution is -2.04. The Kier molecular flexibility index (Phi) is 6.31. The van der Waals surface area contributed by atoms with Crippen molar-refractivity contribution >= 4 is 45.2 Å². The lowest BCUT2D eigenvalue weighted by Gasteiger charge is -2.09. The van der Waals surface area contributed by atoms with Gasteiger partial charge in [0.25, 0.3) is 0 Å². The van der Waals surface area contributed by atoms with E-state index in [-0.39, 0.29) is 0 Å². The summed E-state index contributed by atoms with van der Waals surface area (Å²) in [5.41, 5.74) is 1.25. The zero-order chi connectivity index (χ0) is 9.52. The predicted octanol–water partition coefficient (Wildman–Crippen LogP) is 3.79. The van der Waals surface area contributed by atoms with Crippen molar-refractivity contribution in [1.29, 1.82) is 0 Å². The molecule has 0 fully saturated rings. The maximum Gasteiger partial charge on any atom is 0.110 e. The molecule has 3 heteroatoms. The Morgan fingerprint density at radius 3 is 2.54 bits per heavy atom. The summed E-state index contributed by atoms with van der Waals surface area (Å²) in [6.07, 6.45) is 1.12. The maximum absolute atomic E-state index is 5.65. The van der Waals surface area contributed by atoms with E-state index in [1.165, 1.54) is 5.56 Å². The highest BCUT2D eigenvalue weighted by Crippen LogP contribution is 2.12. The van der Waals surface area contributed by atoms with Gasteiger partial charge in [0.15, 0.2) is 0 Å². The highest BCUT2D eigenvalue weighted by Gasteiger charge is 2.02. The standard InChI is InChI=1S/C10H12I2O/c11-7-6-10(12)13-8-9-4-2-1-3-5-9/h1-5,10H,6-8H2. The molecule has 0 aromatic heterocycles. The number of hydrogen-bond donors (Lipinski definition) is 0. The van der Waals surface area contributed by atoms with E-state index >= 15 is 0 Å². The Bertz CT molecular complexity index is 226. The second-order valence-corrected chi connectivity index (χ2v) is 5.15. The van der Waals surface area contributed by atoms with E-state index in [0.29, 0.717) is 4.11 Å². The minimum absolute atomic E-state index is 0.342. The summed E-state index contributed by atoms with van der Waals surface area (Å²) >= 11 is 4.71. The average molecular weight is 402 g/mol. The molecule has 1 atom stereocenters. The molecular formula is C10H12I2O. The Morgan fingerprint density at radius 1 is 1.23 bits per heavy atom. The van der Waals surface area contributed by atoms with Crippen LogP contribution in [0.2, 0.25) is 0 Å². The summed E-state index contributed by atoms with van der Waals surface area (Å²) in [6.45, 7) is 0.727. The maximum atomic E-state index is 5.65. The molecule has 0 saturated carbocycles. The number of ether oxygens (including phenoxy) is 1. The Balaban J connectivity index is 2.27. The molecule has 1 unspecified atom stereocenters. The van der Waals surface area contributed by atoms with Crippen LogP contribution in [0.25, 0.3) is 0 Å². The van der Waals surface area contributed by atoms with Crippen LogP contribution in [0.1, 0.15) is 12.0 Å². The molecule has 72 valence electrons.